The van der Waals surface area contributed by atoms with Crippen molar-refractivity contribution >= 4 is 10.0 Å². The number of piperazine rings is 1. The first-order chi connectivity index (χ1) is 9.14. The van der Waals surface area contributed by atoms with Gasteiger partial charge in [0.1, 0.15) is 0 Å². The Labute approximate surface area is 116 Å². The number of nitrogens with zero attached hydrogens (tertiary/aromatic N) is 1. The van der Waals surface area contributed by atoms with Gasteiger partial charge in [0.15, 0.2) is 0 Å². The van der Waals surface area contributed by atoms with Crippen LogP contribution >= 0.6 is 0 Å². The van der Waals surface area contributed by atoms with E-state index < -0.39 is 10.0 Å². The Balaban J connectivity index is 2.06. The minimum Gasteiger partial charge on any atom is -0.380 e. The van der Waals surface area contributed by atoms with Crippen molar-refractivity contribution in [3.8, 4) is 0 Å². The van der Waals surface area contributed by atoms with Gasteiger partial charge in [-0.05, 0) is 6.42 Å². The van der Waals surface area contributed by atoms with Crippen LogP contribution in [0.2, 0.25) is 0 Å². The molecule has 0 spiro atoms. The first kappa shape index (κ1) is 16.8. The van der Waals surface area contributed by atoms with Crippen LogP contribution in [0.5, 0.6) is 0 Å². The van der Waals surface area contributed by atoms with Crippen molar-refractivity contribution in [1.29, 1.82) is 0 Å². The fourth-order valence-corrected chi connectivity index (χ4v) is 2.91. The van der Waals surface area contributed by atoms with E-state index >= 15 is 0 Å². The standard InChI is InChI=1S/C12H27N3O3S/c1-2-3-10-18-11-6-14-19(16,17)12-9-15-7-4-13-5-8-15/h13-14H,2-12H2,1H3. The Morgan fingerprint density at radius 2 is 2.00 bits per heavy atom. The monoisotopic (exact) mass is 293 g/mol. The number of nitrogens with one attached hydrogen (secondary N) is 2. The third-order valence-corrected chi connectivity index (χ3v) is 4.46. The fraction of sp³-hybridized carbons (Fsp3) is 1.00. The van der Waals surface area contributed by atoms with E-state index in [1.807, 2.05) is 0 Å². The summed E-state index contributed by atoms with van der Waals surface area (Å²) in [6.45, 7) is 7.97. The van der Waals surface area contributed by atoms with Crippen molar-refractivity contribution in [2.75, 3.05) is 58.2 Å². The average molecular weight is 293 g/mol. The predicted molar refractivity (Wildman–Crippen MR) is 76.8 cm³/mol. The molecule has 7 heteroatoms. The number of ether oxygens (including phenoxy) is 1. The summed E-state index contributed by atoms with van der Waals surface area (Å²) in [7, 11) is -3.17. The normalized spacial score (nSPS) is 17.7. The second kappa shape index (κ2) is 9.66. The second-order valence-corrected chi connectivity index (χ2v) is 6.70. The molecule has 0 aromatic heterocycles. The summed E-state index contributed by atoms with van der Waals surface area (Å²) in [5.41, 5.74) is 0. The largest absolute Gasteiger partial charge is 0.380 e. The summed E-state index contributed by atoms with van der Waals surface area (Å²) in [6, 6.07) is 0. The second-order valence-electron chi connectivity index (χ2n) is 4.77. The molecular formula is C12H27N3O3S. The first-order valence-corrected chi connectivity index (χ1v) is 8.77. The Bertz CT molecular complexity index is 316. The molecule has 6 nitrogen and oxygen atoms in total. The summed E-state index contributed by atoms with van der Waals surface area (Å²) in [4.78, 5) is 2.17. The molecule has 1 saturated heterocycles. The van der Waals surface area contributed by atoms with Crippen molar-refractivity contribution in [3.05, 3.63) is 0 Å². The fourth-order valence-electron chi connectivity index (χ4n) is 1.87. The lowest BCUT2D eigenvalue weighted by molar-refractivity contribution is 0.136. The van der Waals surface area contributed by atoms with E-state index in [-0.39, 0.29) is 5.75 Å². The van der Waals surface area contributed by atoms with E-state index in [1.165, 1.54) is 0 Å². The van der Waals surface area contributed by atoms with Gasteiger partial charge >= 0.3 is 0 Å². The highest BCUT2D eigenvalue weighted by Gasteiger charge is 2.14. The summed E-state index contributed by atoms with van der Waals surface area (Å²) in [6.07, 6.45) is 2.12. The zero-order valence-corrected chi connectivity index (χ0v) is 12.7. The van der Waals surface area contributed by atoms with Gasteiger partial charge in [-0.1, -0.05) is 13.3 Å². The van der Waals surface area contributed by atoms with Crippen LogP contribution in [0, 0.1) is 0 Å². The molecule has 1 aliphatic rings. The molecule has 0 aromatic carbocycles. The molecule has 0 amide bonds. The highest BCUT2D eigenvalue weighted by molar-refractivity contribution is 7.89. The molecule has 19 heavy (non-hydrogen) atoms. The summed E-state index contributed by atoms with van der Waals surface area (Å²) >= 11 is 0. The molecule has 1 fully saturated rings. The number of rotatable bonds is 10. The van der Waals surface area contributed by atoms with E-state index in [1.54, 1.807) is 0 Å². The molecule has 0 aromatic rings. The van der Waals surface area contributed by atoms with Crippen molar-refractivity contribution in [1.82, 2.24) is 14.9 Å². The SMILES string of the molecule is CCCCOCCNS(=O)(=O)CCN1CCNCC1. The highest BCUT2D eigenvalue weighted by Crippen LogP contribution is 1.94. The van der Waals surface area contributed by atoms with Crippen LogP contribution in [0.3, 0.4) is 0 Å². The topological polar surface area (TPSA) is 70.7 Å². The van der Waals surface area contributed by atoms with Crippen LogP contribution in [0.4, 0.5) is 0 Å². The average Bonchev–Trinajstić information content (AvgIpc) is 2.42. The third-order valence-electron chi connectivity index (χ3n) is 3.10. The molecule has 0 bridgehead atoms. The Hall–Kier alpha value is -0.210. The van der Waals surface area contributed by atoms with E-state index in [2.05, 4.69) is 21.9 Å². The Kier molecular flexibility index (Phi) is 8.56. The molecule has 0 atom stereocenters. The lowest BCUT2D eigenvalue weighted by Gasteiger charge is -2.26. The predicted octanol–water partition coefficient (Wildman–Crippen LogP) is -0.372. The quantitative estimate of drug-likeness (QED) is 0.538. The van der Waals surface area contributed by atoms with Gasteiger partial charge in [-0.3, -0.25) is 4.90 Å². The first-order valence-electron chi connectivity index (χ1n) is 7.12. The van der Waals surface area contributed by atoms with Crippen LogP contribution in [0.1, 0.15) is 19.8 Å². The zero-order valence-electron chi connectivity index (χ0n) is 11.9. The smallest absolute Gasteiger partial charge is 0.212 e. The van der Waals surface area contributed by atoms with Gasteiger partial charge in [-0.25, -0.2) is 13.1 Å². The molecular weight excluding hydrogens is 266 g/mol. The minimum atomic E-state index is -3.17. The lowest BCUT2D eigenvalue weighted by Crippen LogP contribution is -2.46. The lowest BCUT2D eigenvalue weighted by atomic mass is 10.4. The van der Waals surface area contributed by atoms with Crippen molar-refractivity contribution in [3.63, 3.8) is 0 Å². The highest BCUT2D eigenvalue weighted by atomic mass is 32.2. The van der Waals surface area contributed by atoms with E-state index in [0.29, 0.717) is 26.3 Å². The molecule has 114 valence electrons. The van der Waals surface area contributed by atoms with Crippen LogP contribution in [-0.4, -0.2) is 71.6 Å². The molecule has 0 radical (unpaired) electrons. The Morgan fingerprint density at radius 1 is 1.26 bits per heavy atom. The van der Waals surface area contributed by atoms with Crippen LogP contribution in [-0.2, 0) is 14.8 Å². The maximum absolute atomic E-state index is 11.8. The molecule has 0 aliphatic carbocycles. The maximum atomic E-state index is 11.8. The maximum Gasteiger partial charge on any atom is 0.212 e. The summed E-state index contributed by atoms with van der Waals surface area (Å²) in [5, 5.41) is 3.25. The number of hydrogen-bond donors (Lipinski definition) is 2. The van der Waals surface area contributed by atoms with E-state index in [0.717, 1.165) is 39.0 Å². The Morgan fingerprint density at radius 3 is 2.68 bits per heavy atom. The zero-order chi connectivity index (χ0) is 14.0. The third kappa shape index (κ3) is 8.54. The number of hydrogen-bond acceptors (Lipinski definition) is 5. The molecule has 0 unspecified atom stereocenters. The van der Waals surface area contributed by atoms with Crippen molar-refractivity contribution < 1.29 is 13.2 Å². The summed E-state index contributed by atoms with van der Waals surface area (Å²) in [5.74, 6) is 0.169. The number of unbranched alkanes of at least 4 members (excludes halogenated alkanes) is 1. The molecule has 1 aliphatic heterocycles. The van der Waals surface area contributed by atoms with Crippen LogP contribution in [0.15, 0.2) is 0 Å². The van der Waals surface area contributed by atoms with Crippen LogP contribution < -0.4 is 10.0 Å². The van der Waals surface area contributed by atoms with Gasteiger partial charge < -0.3 is 10.1 Å². The molecule has 0 saturated carbocycles. The number of sulfonamides is 1. The van der Waals surface area contributed by atoms with Gasteiger partial charge in [0.25, 0.3) is 0 Å². The van der Waals surface area contributed by atoms with E-state index in [9.17, 15) is 8.42 Å². The van der Waals surface area contributed by atoms with E-state index in [4.69, 9.17) is 4.74 Å². The summed E-state index contributed by atoms with van der Waals surface area (Å²) < 4.78 is 31.4. The van der Waals surface area contributed by atoms with Gasteiger partial charge in [-0.2, -0.15) is 0 Å². The molecule has 1 heterocycles. The van der Waals surface area contributed by atoms with Crippen molar-refractivity contribution in [2.24, 2.45) is 0 Å². The van der Waals surface area contributed by atoms with Gasteiger partial charge in [0.05, 0.1) is 12.4 Å². The molecule has 2 N–H and O–H groups in total. The van der Waals surface area contributed by atoms with Gasteiger partial charge in [0.2, 0.25) is 10.0 Å². The van der Waals surface area contributed by atoms with Crippen molar-refractivity contribution in [2.45, 2.75) is 19.8 Å². The van der Waals surface area contributed by atoms with Crippen LogP contribution in [0.25, 0.3) is 0 Å². The van der Waals surface area contributed by atoms with Gasteiger partial charge in [-0.15, -0.1) is 0 Å². The van der Waals surface area contributed by atoms with Gasteiger partial charge in [0, 0.05) is 45.9 Å². The minimum absolute atomic E-state index is 0.169. The molecule has 1 rings (SSSR count).